The summed E-state index contributed by atoms with van der Waals surface area (Å²) in [4.78, 5) is 21.1. The van der Waals surface area contributed by atoms with E-state index in [-0.39, 0.29) is 11.9 Å². The van der Waals surface area contributed by atoms with Gasteiger partial charge in [0.2, 0.25) is 0 Å². The Bertz CT molecular complexity index is 930. The molecule has 1 aromatic carbocycles. The standard InChI is InChI=1S/C21H24N4OS/c1-14-4-9-19-17(10-14)11-20(27-19)21(26)24(3)15(2)16-5-7-18(8-6-16)25-13-22-12-23-25/h5-8,11-15H,4,9-10H2,1-3H3/t14-,15-/m1/s1. The van der Waals surface area contributed by atoms with Crippen LogP contribution < -0.4 is 0 Å². The molecule has 2 aromatic heterocycles. The van der Waals surface area contributed by atoms with E-state index in [1.807, 2.05) is 36.2 Å². The lowest BCUT2D eigenvalue weighted by atomic mass is 9.90. The van der Waals surface area contributed by atoms with Crippen molar-refractivity contribution >= 4 is 17.2 Å². The number of hydrogen-bond acceptors (Lipinski definition) is 4. The first-order chi connectivity index (χ1) is 13.0. The molecule has 5 nitrogen and oxygen atoms in total. The Morgan fingerprint density at radius 3 is 2.81 bits per heavy atom. The van der Waals surface area contributed by atoms with Crippen molar-refractivity contribution in [1.82, 2.24) is 19.7 Å². The van der Waals surface area contributed by atoms with Crippen LogP contribution in [0.25, 0.3) is 5.69 Å². The second-order valence-corrected chi connectivity index (χ2v) is 8.57. The molecular weight excluding hydrogens is 356 g/mol. The highest BCUT2D eigenvalue weighted by Crippen LogP contribution is 2.33. The topological polar surface area (TPSA) is 51.0 Å². The molecule has 0 fully saturated rings. The second kappa shape index (κ2) is 7.27. The van der Waals surface area contributed by atoms with E-state index in [0.717, 1.165) is 34.9 Å². The molecule has 140 valence electrons. The Labute approximate surface area is 163 Å². The van der Waals surface area contributed by atoms with Crippen LogP contribution in [-0.4, -0.2) is 32.6 Å². The second-order valence-electron chi connectivity index (χ2n) is 7.43. The van der Waals surface area contributed by atoms with Gasteiger partial charge in [-0.1, -0.05) is 19.1 Å². The molecule has 6 heteroatoms. The van der Waals surface area contributed by atoms with Crippen LogP contribution in [0.15, 0.2) is 43.0 Å². The number of aromatic nitrogens is 3. The maximum absolute atomic E-state index is 13.0. The summed E-state index contributed by atoms with van der Waals surface area (Å²) in [6.45, 7) is 4.36. The number of benzene rings is 1. The van der Waals surface area contributed by atoms with Gasteiger partial charge in [-0.2, -0.15) is 5.10 Å². The van der Waals surface area contributed by atoms with Crippen LogP contribution >= 0.6 is 11.3 Å². The van der Waals surface area contributed by atoms with Gasteiger partial charge in [0.1, 0.15) is 12.7 Å². The predicted octanol–water partition coefficient (Wildman–Crippen LogP) is 4.29. The summed E-state index contributed by atoms with van der Waals surface area (Å²) in [6, 6.07) is 10.2. The van der Waals surface area contributed by atoms with Crippen LogP contribution in [0, 0.1) is 5.92 Å². The molecule has 0 unspecified atom stereocenters. The first-order valence-corrected chi connectivity index (χ1v) is 10.2. The highest BCUT2D eigenvalue weighted by molar-refractivity contribution is 7.14. The van der Waals surface area contributed by atoms with Gasteiger partial charge < -0.3 is 4.90 Å². The van der Waals surface area contributed by atoms with Gasteiger partial charge in [-0.15, -0.1) is 11.3 Å². The maximum Gasteiger partial charge on any atom is 0.264 e. The Balaban J connectivity index is 1.50. The molecule has 2 heterocycles. The number of carbonyl (C=O) groups is 1. The number of hydrogen-bond donors (Lipinski definition) is 0. The summed E-state index contributed by atoms with van der Waals surface area (Å²) >= 11 is 1.68. The molecule has 27 heavy (non-hydrogen) atoms. The van der Waals surface area contributed by atoms with Crippen LogP contribution in [-0.2, 0) is 12.8 Å². The molecule has 0 N–H and O–H groups in total. The molecular formula is C21H24N4OS. The van der Waals surface area contributed by atoms with E-state index in [0.29, 0.717) is 0 Å². The SMILES string of the molecule is C[C@@H]1CCc2sc(C(=O)N(C)[C@H](C)c3ccc(-n4cncn4)cc3)cc2C1. The molecule has 1 aliphatic carbocycles. The minimum atomic E-state index is 0.000322. The maximum atomic E-state index is 13.0. The first-order valence-electron chi connectivity index (χ1n) is 9.36. The highest BCUT2D eigenvalue weighted by Gasteiger charge is 2.24. The average molecular weight is 381 g/mol. The minimum Gasteiger partial charge on any atom is -0.334 e. The molecule has 0 bridgehead atoms. The van der Waals surface area contributed by atoms with Crippen LogP contribution in [0.4, 0.5) is 0 Å². The smallest absolute Gasteiger partial charge is 0.264 e. The quantitative estimate of drug-likeness (QED) is 0.678. The van der Waals surface area contributed by atoms with E-state index in [9.17, 15) is 4.79 Å². The number of carbonyl (C=O) groups excluding carboxylic acids is 1. The summed E-state index contributed by atoms with van der Waals surface area (Å²) in [5.74, 6) is 0.824. The van der Waals surface area contributed by atoms with Crippen molar-refractivity contribution in [2.75, 3.05) is 7.05 Å². The van der Waals surface area contributed by atoms with E-state index >= 15 is 0 Å². The molecule has 1 amide bonds. The Morgan fingerprint density at radius 1 is 1.33 bits per heavy atom. The Hall–Kier alpha value is -2.47. The number of aryl methyl sites for hydroxylation is 1. The van der Waals surface area contributed by atoms with Crippen LogP contribution in [0.5, 0.6) is 0 Å². The van der Waals surface area contributed by atoms with Crippen LogP contribution in [0.1, 0.15) is 52.0 Å². The largest absolute Gasteiger partial charge is 0.334 e. The van der Waals surface area contributed by atoms with Crippen molar-refractivity contribution in [2.24, 2.45) is 5.92 Å². The monoisotopic (exact) mass is 380 g/mol. The van der Waals surface area contributed by atoms with Crippen molar-refractivity contribution in [3.8, 4) is 5.69 Å². The summed E-state index contributed by atoms with van der Waals surface area (Å²) in [7, 11) is 1.89. The molecule has 0 saturated carbocycles. The fourth-order valence-electron chi connectivity index (χ4n) is 3.63. The molecule has 2 atom stereocenters. The summed E-state index contributed by atoms with van der Waals surface area (Å²) in [5, 5.41) is 4.14. The van der Waals surface area contributed by atoms with Gasteiger partial charge in [-0.25, -0.2) is 9.67 Å². The van der Waals surface area contributed by atoms with Gasteiger partial charge in [0.05, 0.1) is 16.6 Å². The van der Waals surface area contributed by atoms with Gasteiger partial charge in [-0.05, 0) is 61.4 Å². The molecule has 4 rings (SSSR count). The zero-order valence-corrected chi connectivity index (χ0v) is 16.7. The fourth-order valence-corrected chi connectivity index (χ4v) is 4.82. The fraction of sp³-hybridized carbons (Fsp3) is 0.381. The molecule has 0 saturated heterocycles. The van der Waals surface area contributed by atoms with Gasteiger partial charge in [0.25, 0.3) is 5.91 Å². The summed E-state index contributed by atoms with van der Waals surface area (Å²) < 4.78 is 1.72. The lowest BCUT2D eigenvalue weighted by Gasteiger charge is -2.25. The van der Waals surface area contributed by atoms with Gasteiger partial charge in [-0.3, -0.25) is 4.79 Å². The van der Waals surface area contributed by atoms with Crippen molar-refractivity contribution in [2.45, 2.75) is 39.2 Å². The number of fused-ring (bicyclic) bond motifs is 1. The van der Waals surface area contributed by atoms with Crippen molar-refractivity contribution in [3.63, 3.8) is 0 Å². The molecule has 0 aliphatic heterocycles. The van der Waals surface area contributed by atoms with E-state index in [1.165, 1.54) is 23.2 Å². The third kappa shape index (κ3) is 3.54. The number of nitrogens with zero attached hydrogens (tertiary/aromatic N) is 4. The Morgan fingerprint density at radius 2 is 2.11 bits per heavy atom. The summed E-state index contributed by atoms with van der Waals surface area (Å²) in [5.41, 5.74) is 3.43. The van der Waals surface area contributed by atoms with Gasteiger partial charge in [0, 0.05) is 11.9 Å². The number of rotatable bonds is 4. The zero-order valence-electron chi connectivity index (χ0n) is 15.9. The summed E-state index contributed by atoms with van der Waals surface area (Å²) in [6.07, 6.45) is 6.63. The van der Waals surface area contributed by atoms with Crippen molar-refractivity contribution in [3.05, 3.63) is 63.9 Å². The van der Waals surface area contributed by atoms with Crippen molar-refractivity contribution < 1.29 is 4.79 Å². The predicted molar refractivity (Wildman–Crippen MR) is 107 cm³/mol. The zero-order chi connectivity index (χ0) is 19.0. The number of amides is 1. The average Bonchev–Trinajstić information content (AvgIpc) is 3.36. The lowest BCUT2D eigenvalue weighted by Crippen LogP contribution is -2.29. The van der Waals surface area contributed by atoms with E-state index in [2.05, 4.69) is 30.0 Å². The van der Waals surface area contributed by atoms with Gasteiger partial charge >= 0.3 is 0 Å². The molecule has 0 radical (unpaired) electrons. The van der Waals surface area contributed by atoms with Crippen LogP contribution in [0.3, 0.4) is 0 Å². The first kappa shape index (κ1) is 17.9. The van der Waals surface area contributed by atoms with Gasteiger partial charge in [0.15, 0.2) is 0 Å². The third-order valence-electron chi connectivity index (χ3n) is 5.50. The highest BCUT2D eigenvalue weighted by atomic mass is 32.1. The molecule has 1 aliphatic rings. The Kier molecular flexibility index (Phi) is 4.83. The van der Waals surface area contributed by atoms with Crippen molar-refractivity contribution in [1.29, 1.82) is 0 Å². The third-order valence-corrected chi connectivity index (χ3v) is 6.73. The van der Waals surface area contributed by atoms with E-state index < -0.39 is 0 Å². The molecule has 3 aromatic rings. The normalized spacial score (nSPS) is 17.4. The van der Waals surface area contributed by atoms with E-state index in [4.69, 9.17) is 0 Å². The van der Waals surface area contributed by atoms with Crippen LogP contribution in [0.2, 0.25) is 0 Å². The lowest BCUT2D eigenvalue weighted by molar-refractivity contribution is 0.0747. The van der Waals surface area contributed by atoms with E-state index in [1.54, 1.807) is 22.3 Å². The molecule has 0 spiro atoms. The number of thiophene rings is 1. The minimum absolute atomic E-state index is 0.000322.